The average molecular weight is 314 g/mol. The zero-order chi connectivity index (χ0) is 12.1. The lowest BCUT2D eigenvalue weighted by molar-refractivity contribution is -0.120. The number of hydrogen-bond donors (Lipinski definition) is 1. The lowest BCUT2D eigenvalue weighted by Crippen LogP contribution is -2.22. The molecule has 1 aromatic heterocycles. The van der Waals surface area contributed by atoms with Crippen LogP contribution in [0.4, 0.5) is 0 Å². The van der Waals surface area contributed by atoms with Gasteiger partial charge in [-0.3, -0.25) is 4.79 Å². The van der Waals surface area contributed by atoms with E-state index in [0.29, 0.717) is 13.0 Å². The quantitative estimate of drug-likeness (QED) is 0.836. The van der Waals surface area contributed by atoms with Gasteiger partial charge in [-0.2, -0.15) is 0 Å². The number of carbonyl (C=O) groups excluding carboxylic acids is 1. The standard InChI is InChI=1S/C13H16BrNOS/c14-11-7-12(17-9-11)8-15-13(16)6-10-4-2-1-3-5-10/h4,7,9H,1-3,5-6,8H2,(H,15,16). The normalized spacial score (nSPS) is 15.5. The molecule has 0 fully saturated rings. The van der Waals surface area contributed by atoms with E-state index >= 15 is 0 Å². The molecule has 2 rings (SSSR count). The van der Waals surface area contributed by atoms with Crippen LogP contribution in [0.2, 0.25) is 0 Å². The molecule has 0 atom stereocenters. The van der Waals surface area contributed by atoms with Crippen LogP contribution < -0.4 is 5.32 Å². The second-order valence-electron chi connectivity index (χ2n) is 4.29. The third-order valence-electron chi connectivity index (χ3n) is 2.85. The Morgan fingerprint density at radius 2 is 2.35 bits per heavy atom. The van der Waals surface area contributed by atoms with Crippen LogP contribution in [0, 0.1) is 0 Å². The van der Waals surface area contributed by atoms with E-state index in [9.17, 15) is 4.79 Å². The number of allylic oxidation sites excluding steroid dienone is 1. The molecular formula is C13H16BrNOS. The molecule has 0 aliphatic heterocycles. The monoisotopic (exact) mass is 313 g/mol. The molecule has 1 N–H and O–H groups in total. The van der Waals surface area contributed by atoms with Crippen molar-refractivity contribution in [2.75, 3.05) is 0 Å². The zero-order valence-corrected chi connectivity index (χ0v) is 12.1. The highest BCUT2D eigenvalue weighted by atomic mass is 79.9. The molecule has 92 valence electrons. The Morgan fingerprint density at radius 3 is 3.00 bits per heavy atom. The minimum absolute atomic E-state index is 0.141. The maximum atomic E-state index is 11.7. The van der Waals surface area contributed by atoms with Gasteiger partial charge in [0.1, 0.15) is 0 Å². The maximum Gasteiger partial charge on any atom is 0.224 e. The van der Waals surface area contributed by atoms with Crippen LogP contribution in [0.15, 0.2) is 27.6 Å². The fourth-order valence-corrected chi connectivity index (χ4v) is 3.36. The van der Waals surface area contributed by atoms with Crippen LogP contribution in [0.3, 0.4) is 0 Å². The Morgan fingerprint density at radius 1 is 1.47 bits per heavy atom. The van der Waals surface area contributed by atoms with Crippen LogP contribution in [-0.2, 0) is 11.3 Å². The highest BCUT2D eigenvalue weighted by Crippen LogP contribution is 2.21. The van der Waals surface area contributed by atoms with Gasteiger partial charge in [0.05, 0.1) is 6.54 Å². The minimum Gasteiger partial charge on any atom is -0.351 e. The van der Waals surface area contributed by atoms with Gasteiger partial charge >= 0.3 is 0 Å². The molecule has 1 aliphatic carbocycles. The van der Waals surface area contributed by atoms with Gasteiger partial charge in [-0.05, 0) is 47.7 Å². The summed E-state index contributed by atoms with van der Waals surface area (Å²) in [6.45, 7) is 0.641. The van der Waals surface area contributed by atoms with E-state index < -0.39 is 0 Å². The maximum absolute atomic E-state index is 11.7. The molecule has 4 heteroatoms. The number of hydrogen-bond acceptors (Lipinski definition) is 2. The van der Waals surface area contributed by atoms with Crippen molar-refractivity contribution in [2.45, 2.75) is 38.6 Å². The van der Waals surface area contributed by atoms with Crippen LogP contribution in [0.25, 0.3) is 0 Å². The third kappa shape index (κ3) is 4.28. The average Bonchev–Trinajstić information content (AvgIpc) is 2.74. The molecule has 1 aliphatic rings. The van der Waals surface area contributed by atoms with Crippen molar-refractivity contribution in [2.24, 2.45) is 0 Å². The SMILES string of the molecule is O=C(CC1=CCCCC1)NCc1cc(Br)cs1. The smallest absolute Gasteiger partial charge is 0.224 e. The highest BCUT2D eigenvalue weighted by Gasteiger charge is 2.09. The molecule has 0 saturated heterocycles. The van der Waals surface area contributed by atoms with Gasteiger partial charge in [0.25, 0.3) is 0 Å². The molecule has 2 nitrogen and oxygen atoms in total. The van der Waals surface area contributed by atoms with Gasteiger partial charge in [0.2, 0.25) is 5.91 Å². The largest absolute Gasteiger partial charge is 0.351 e. The summed E-state index contributed by atoms with van der Waals surface area (Å²) < 4.78 is 1.08. The van der Waals surface area contributed by atoms with E-state index in [1.165, 1.54) is 23.3 Å². The summed E-state index contributed by atoms with van der Waals surface area (Å²) in [5.74, 6) is 0.141. The fraction of sp³-hybridized carbons (Fsp3) is 0.462. The number of carbonyl (C=O) groups is 1. The van der Waals surface area contributed by atoms with Gasteiger partial charge in [0.15, 0.2) is 0 Å². The van der Waals surface area contributed by atoms with E-state index in [4.69, 9.17) is 0 Å². The summed E-state index contributed by atoms with van der Waals surface area (Å²) in [7, 11) is 0. The molecule has 0 saturated carbocycles. The summed E-state index contributed by atoms with van der Waals surface area (Å²) in [4.78, 5) is 12.9. The summed E-state index contributed by atoms with van der Waals surface area (Å²) in [5.41, 5.74) is 1.31. The van der Waals surface area contributed by atoms with E-state index in [0.717, 1.165) is 17.3 Å². The van der Waals surface area contributed by atoms with Gasteiger partial charge < -0.3 is 5.32 Å². The van der Waals surface area contributed by atoms with Crippen molar-refractivity contribution in [1.82, 2.24) is 5.32 Å². The number of rotatable bonds is 4. The molecule has 0 bridgehead atoms. The third-order valence-corrected chi connectivity index (χ3v) is 4.55. The van der Waals surface area contributed by atoms with Crippen LogP contribution in [0.1, 0.15) is 37.0 Å². The second-order valence-corrected chi connectivity index (χ2v) is 6.20. The Labute approximate surface area is 114 Å². The lowest BCUT2D eigenvalue weighted by Gasteiger charge is -2.12. The Kier molecular flexibility index (Phi) is 4.80. The Balaban J connectivity index is 1.75. The fourth-order valence-electron chi connectivity index (χ4n) is 1.97. The number of nitrogens with one attached hydrogen (secondary N) is 1. The van der Waals surface area contributed by atoms with Crippen molar-refractivity contribution in [3.05, 3.63) is 32.4 Å². The Hall–Kier alpha value is -0.610. The molecule has 1 amide bonds. The van der Waals surface area contributed by atoms with Crippen molar-refractivity contribution in [1.29, 1.82) is 0 Å². The molecule has 1 heterocycles. The zero-order valence-electron chi connectivity index (χ0n) is 9.67. The molecule has 0 aromatic carbocycles. The van der Waals surface area contributed by atoms with E-state index in [2.05, 4.69) is 27.3 Å². The lowest BCUT2D eigenvalue weighted by atomic mass is 9.97. The van der Waals surface area contributed by atoms with E-state index in [1.54, 1.807) is 11.3 Å². The van der Waals surface area contributed by atoms with Crippen molar-refractivity contribution in [3.8, 4) is 0 Å². The van der Waals surface area contributed by atoms with Crippen LogP contribution >= 0.6 is 27.3 Å². The second kappa shape index (κ2) is 6.36. The van der Waals surface area contributed by atoms with Crippen molar-refractivity contribution < 1.29 is 4.79 Å². The van der Waals surface area contributed by atoms with E-state index in [1.807, 2.05) is 11.4 Å². The predicted molar refractivity (Wildman–Crippen MR) is 75.0 cm³/mol. The minimum atomic E-state index is 0.141. The van der Waals surface area contributed by atoms with Crippen LogP contribution in [-0.4, -0.2) is 5.91 Å². The number of halogens is 1. The van der Waals surface area contributed by atoms with E-state index in [-0.39, 0.29) is 5.91 Å². The molecular weight excluding hydrogens is 298 g/mol. The highest BCUT2D eigenvalue weighted by molar-refractivity contribution is 9.10. The first-order chi connectivity index (χ1) is 8.24. The van der Waals surface area contributed by atoms with Gasteiger partial charge in [0, 0.05) is 21.2 Å². The first-order valence-corrected chi connectivity index (χ1v) is 7.59. The summed E-state index contributed by atoms with van der Waals surface area (Å²) in [6.07, 6.45) is 7.54. The molecule has 0 radical (unpaired) electrons. The molecule has 0 unspecified atom stereocenters. The van der Waals surface area contributed by atoms with Crippen molar-refractivity contribution >= 4 is 33.2 Å². The topological polar surface area (TPSA) is 29.1 Å². The first-order valence-electron chi connectivity index (χ1n) is 5.91. The summed E-state index contributed by atoms with van der Waals surface area (Å²) in [5, 5.41) is 5.00. The van der Waals surface area contributed by atoms with Crippen molar-refractivity contribution in [3.63, 3.8) is 0 Å². The first kappa shape index (κ1) is 12.8. The van der Waals surface area contributed by atoms with Gasteiger partial charge in [-0.15, -0.1) is 11.3 Å². The molecule has 1 aromatic rings. The van der Waals surface area contributed by atoms with Gasteiger partial charge in [-0.1, -0.05) is 11.6 Å². The van der Waals surface area contributed by atoms with Crippen LogP contribution in [0.5, 0.6) is 0 Å². The summed E-state index contributed by atoms with van der Waals surface area (Å²) in [6, 6.07) is 2.05. The Bertz CT molecular complexity index is 425. The summed E-state index contributed by atoms with van der Waals surface area (Å²) >= 11 is 5.07. The predicted octanol–water partition coefficient (Wildman–Crippen LogP) is 4.02. The number of amides is 1. The van der Waals surface area contributed by atoms with Gasteiger partial charge in [-0.25, -0.2) is 0 Å². The molecule has 0 spiro atoms. The number of thiophene rings is 1. The molecule has 17 heavy (non-hydrogen) atoms.